The molecule has 3 aliphatic rings. The third kappa shape index (κ3) is 4.28. The number of nitriles is 1. The van der Waals surface area contributed by atoms with Crippen molar-refractivity contribution in [2.45, 2.75) is 37.9 Å². The molecule has 3 fully saturated rings. The highest BCUT2D eigenvalue weighted by Crippen LogP contribution is 2.64. The van der Waals surface area contributed by atoms with Crippen molar-refractivity contribution in [3.63, 3.8) is 0 Å². The molecule has 178 valence electrons. The lowest BCUT2D eigenvalue weighted by Gasteiger charge is -2.23. The Labute approximate surface area is 198 Å². The summed E-state index contributed by atoms with van der Waals surface area (Å²) in [6.45, 7) is 2.24. The first kappa shape index (κ1) is 22.8. The first-order valence-corrected chi connectivity index (χ1v) is 13.4. The quantitative estimate of drug-likeness (QED) is 0.562. The fraction of sp³-hybridized carbons (Fsp3) is 0.440. The van der Waals surface area contributed by atoms with Crippen LogP contribution in [0.25, 0.3) is 11.1 Å². The van der Waals surface area contributed by atoms with Crippen LogP contribution in [0.5, 0.6) is 0 Å². The maximum Gasteiger partial charge on any atom is 0.238 e. The first-order valence-electron chi connectivity index (χ1n) is 11.5. The normalized spacial score (nSPS) is 29.7. The number of hydrogen-bond donors (Lipinski definition) is 3. The van der Waals surface area contributed by atoms with E-state index < -0.39 is 21.9 Å². The van der Waals surface area contributed by atoms with Crippen LogP contribution in [0.1, 0.15) is 18.9 Å². The molecule has 3 N–H and O–H groups in total. The van der Waals surface area contributed by atoms with Gasteiger partial charge < -0.3 is 10.6 Å². The van der Waals surface area contributed by atoms with Crippen LogP contribution in [-0.2, 0) is 21.2 Å². The standard InChI is InChI=1S/C25H27FN4O3S/c1-13-22-19-11-21(23(13)22)29-24(19)25(31)28-18(12-27)9-16-7-6-15(10-20(16)26)14-4-3-5-17(8-14)30-34(2,32)33/h3-8,10,13,18-19,21-24,29-30H,9,11H2,1-2H3,(H,28,31)/t13-,18-,19+,21-,22-,23+,24-/m0/s1. The van der Waals surface area contributed by atoms with Gasteiger partial charge in [0.2, 0.25) is 15.9 Å². The highest BCUT2D eigenvalue weighted by Gasteiger charge is 2.67. The van der Waals surface area contributed by atoms with Gasteiger partial charge in [0, 0.05) is 18.2 Å². The molecule has 7 nitrogen and oxygen atoms in total. The maximum absolute atomic E-state index is 14.9. The van der Waals surface area contributed by atoms with E-state index >= 15 is 0 Å². The van der Waals surface area contributed by atoms with Gasteiger partial charge in [-0.1, -0.05) is 31.2 Å². The van der Waals surface area contributed by atoms with Crippen molar-refractivity contribution in [1.82, 2.24) is 10.6 Å². The lowest BCUT2D eigenvalue weighted by Crippen LogP contribution is -2.51. The third-order valence-corrected chi connectivity index (χ3v) is 8.16. The van der Waals surface area contributed by atoms with Gasteiger partial charge in [0.05, 0.1) is 18.4 Å². The topological polar surface area (TPSA) is 111 Å². The number of rotatable bonds is 7. The van der Waals surface area contributed by atoms with E-state index in [9.17, 15) is 22.9 Å². The molecule has 2 bridgehead atoms. The van der Waals surface area contributed by atoms with Gasteiger partial charge in [-0.2, -0.15) is 5.26 Å². The van der Waals surface area contributed by atoms with Gasteiger partial charge in [-0.15, -0.1) is 0 Å². The van der Waals surface area contributed by atoms with Gasteiger partial charge in [0.1, 0.15) is 11.9 Å². The summed E-state index contributed by atoms with van der Waals surface area (Å²) >= 11 is 0. The van der Waals surface area contributed by atoms with E-state index in [1.54, 1.807) is 36.4 Å². The summed E-state index contributed by atoms with van der Waals surface area (Å²) in [5.74, 6) is 1.63. The minimum Gasteiger partial charge on any atom is -0.339 e. The first-order chi connectivity index (χ1) is 16.1. The molecule has 1 heterocycles. The van der Waals surface area contributed by atoms with Gasteiger partial charge in [0.25, 0.3) is 0 Å². The Hall–Kier alpha value is -2.96. The van der Waals surface area contributed by atoms with Crippen LogP contribution in [0.3, 0.4) is 0 Å². The molecule has 9 heteroatoms. The van der Waals surface area contributed by atoms with E-state index in [2.05, 4.69) is 28.3 Å². The maximum atomic E-state index is 14.9. The van der Waals surface area contributed by atoms with Crippen LogP contribution in [0.4, 0.5) is 10.1 Å². The Morgan fingerprint density at radius 3 is 2.68 bits per heavy atom. The zero-order chi connectivity index (χ0) is 24.2. The predicted molar refractivity (Wildman–Crippen MR) is 127 cm³/mol. The molecular weight excluding hydrogens is 455 g/mol. The van der Waals surface area contributed by atoms with Gasteiger partial charge >= 0.3 is 0 Å². The van der Waals surface area contributed by atoms with Crippen LogP contribution < -0.4 is 15.4 Å². The Bertz CT molecular complexity index is 1290. The molecular formula is C25H27FN4O3S. The lowest BCUT2D eigenvalue weighted by molar-refractivity contribution is -0.124. The van der Waals surface area contributed by atoms with E-state index in [0.717, 1.165) is 12.7 Å². The summed E-state index contributed by atoms with van der Waals surface area (Å²) in [6, 6.07) is 12.8. The van der Waals surface area contributed by atoms with Crippen LogP contribution in [-0.4, -0.2) is 38.7 Å². The van der Waals surface area contributed by atoms with Gasteiger partial charge in [-0.05, 0) is 65.0 Å². The van der Waals surface area contributed by atoms with Crippen LogP contribution in [0, 0.1) is 40.8 Å². The smallest absolute Gasteiger partial charge is 0.238 e. The second kappa shape index (κ2) is 8.36. The number of nitrogens with zero attached hydrogens (tertiary/aromatic N) is 1. The van der Waals surface area contributed by atoms with E-state index in [4.69, 9.17) is 0 Å². The summed E-state index contributed by atoms with van der Waals surface area (Å²) in [5.41, 5.74) is 1.95. The fourth-order valence-corrected chi connectivity index (χ4v) is 6.64. The minimum atomic E-state index is -3.42. The molecule has 5 rings (SSSR count). The zero-order valence-electron chi connectivity index (χ0n) is 19.0. The third-order valence-electron chi connectivity index (χ3n) is 7.56. The number of amides is 1. The number of hydrogen-bond acceptors (Lipinski definition) is 5. The summed E-state index contributed by atoms with van der Waals surface area (Å²) in [4.78, 5) is 12.9. The summed E-state index contributed by atoms with van der Waals surface area (Å²) in [7, 11) is -3.42. The van der Waals surface area contributed by atoms with Gasteiger partial charge in [0.15, 0.2) is 0 Å². The molecule has 1 aliphatic heterocycles. The fourth-order valence-electron chi connectivity index (χ4n) is 6.08. The molecule has 7 atom stereocenters. The Morgan fingerprint density at radius 2 is 2.00 bits per heavy atom. The molecule has 2 saturated carbocycles. The van der Waals surface area contributed by atoms with E-state index in [-0.39, 0.29) is 18.4 Å². The van der Waals surface area contributed by atoms with E-state index in [0.29, 0.717) is 52.1 Å². The Balaban J connectivity index is 1.25. The van der Waals surface area contributed by atoms with Crippen molar-refractivity contribution in [3.05, 3.63) is 53.8 Å². The van der Waals surface area contributed by atoms with E-state index in [1.807, 2.05) is 0 Å². The number of nitrogens with one attached hydrogen (secondary N) is 3. The number of piperidine rings is 1. The average Bonchev–Trinajstić information content (AvgIpc) is 3.13. The van der Waals surface area contributed by atoms with Crippen LogP contribution in [0.15, 0.2) is 42.5 Å². The number of fused-ring (bicyclic) bond motifs is 5. The van der Waals surface area contributed by atoms with E-state index in [1.165, 1.54) is 6.07 Å². The lowest BCUT2D eigenvalue weighted by atomic mass is 9.94. The zero-order valence-corrected chi connectivity index (χ0v) is 19.8. The SMILES string of the molecule is C[C@H]1[C@H]2[C@H]3C[C@H](N[C@@H]3C(=O)N[C@H](C#N)Cc3ccc(-c4cccc(NS(C)(=O)=O)c4)cc3F)[C@@H]12. The number of anilines is 1. The van der Waals surface area contributed by atoms with Crippen molar-refractivity contribution in [1.29, 1.82) is 5.26 Å². The van der Waals surface area contributed by atoms with Crippen molar-refractivity contribution < 1.29 is 17.6 Å². The summed E-state index contributed by atoms with van der Waals surface area (Å²) in [6.07, 6.45) is 2.15. The highest BCUT2D eigenvalue weighted by atomic mass is 32.2. The highest BCUT2D eigenvalue weighted by molar-refractivity contribution is 7.92. The van der Waals surface area contributed by atoms with Crippen molar-refractivity contribution >= 4 is 21.6 Å². The Kier molecular flexibility index (Phi) is 5.61. The van der Waals surface area contributed by atoms with Gasteiger partial charge in [-0.25, -0.2) is 12.8 Å². The number of benzene rings is 2. The monoisotopic (exact) mass is 482 g/mol. The van der Waals surface area contributed by atoms with Crippen LogP contribution in [0.2, 0.25) is 0 Å². The molecule has 0 radical (unpaired) electrons. The Morgan fingerprint density at radius 1 is 1.24 bits per heavy atom. The predicted octanol–water partition coefficient (Wildman–Crippen LogP) is 2.66. The molecule has 2 aromatic carbocycles. The molecule has 34 heavy (non-hydrogen) atoms. The molecule has 1 amide bonds. The molecule has 1 saturated heterocycles. The van der Waals surface area contributed by atoms with Gasteiger partial charge in [-0.3, -0.25) is 9.52 Å². The number of carbonyl (C=O) groups is 1. The number of carbonyl (C=O) groups excluding carboxylic acids is 1. The number of halogens is 1. The molecule has 0 spiro atoms. The molecule has 0 unspecified atom stereocenters. The molecule has 2 aliphatic carbocycles. The second-order valence-corrected chi connectivity index (χ2v) is 11.6. The largest absolute Gasteiger partial charge is 0.339 e. The van der Waals surface area contributed by atoms with Crippen molar-refractivity contribution in [2.24, 2.45) is 23.7 Å². The number of sulfonamides is 1. The average molecular weight is 483 g/mol. The minimum absolute atomic E-state index is 0.0628. The van der Waals surface area contributed by atoms with Crippen molar-refractivity contribution in [2.75, 3.05) is 11.0 Å². The molecule has 2 aromatic rings. The van der Waals surface area contributed by atoms with Crippen LogP contribution >= 0.6 is 0 Å². The summed E-state index contributed by atoms with van der Waals surface area (Å²) in [5, 5.41) is 15.8. The van der Waals surface area contributed by atoms with Crippen molar-refractivity contribution in [3.8, 4) is 17.2 Å². The second-order valence-electron chi connectivity index (χ2n) is 9.82. The summed E-state index contributed by atoms with van der Waals surface area (Å²) < 4.78 is 40.3. The molecule has 0 aromatic heterocycles.